The molecule has 1 N–H and O–H groups in total. The van der Waals surface area contributed by atoms with E-state index in [1.54, 1.807) is 7.11 Å². The number of aliphatic hydroxyl groups is 1. The van der Waals surface area contributed by atoms with Gasteiger partial charge in [-0.25, -0.2) is 0 Å². The molecule has 0 aromatic rings. The first-order valence-corrected chi connectivity index (χ1v) is 9.13. The Morgan fingerprint density at radius 3 is 2.05 bits per heavy atom. The molecule has 1 saturated carbocycles. The van der Waals surface area contributed by atoms with Crippen molar-refractivity contribution in [3.05, 3.63) is 0 Å². The van der Waals surface area contributed by atoms with E-state index in [-0.39, 0.29) is 6.10 Å². The molecule has 0 saturated heterocycles. The van der Waals surface area contributed by atoms with Crippen molar-refractivity contribution in [2.45, 2.75) is 96.2 Å². The number of aliphatic hydroxyl groups excluding tert-OH is 1. The zero-order valence-electron chi connectivity index (χ0n) is 14.5. The standard InChI is InChI=1S/C18H37NO2/c1-4-19(16(2)15-21-3)17-13-11-9-7-5-6-8-10-12-14-18(17)20/h16-18,20H,4-15H2,1-3H3. The normalized spacial score (nSPS) is 27.9. The smallest absolute Gasteiger partial charge is 0.0695 e. The second-order valence-corrected chi connectivity index (χ2v) is 6.68. The Hall–Kier alpha value is -0.120. The van der Waals surface area contributed by atoms with E-state index in [0.29, 0.717) is 12.1 Å². The SMILES string of the molecule is CCN(C(C)COC)C1CCCCCCCCCCC1O. The van der Waals surface area contributed by atoms with Gasteiger partial charge in [0.2, 0.25) is 0 Å². The predicted octanol–water partition coefficient (Wildman–Crippen LogP) is 3.99. The third-order valence-corrected chi connectivity index (χ3v) is 4.96. The van der Waals surface area contributed by atoms with E-state index in [9.17, 15) is 5.11 Å². The first-order chi connectivity index (χ1) is 10.2. The molecule has 0 aromatic heterocycles. The van der Waals surface area contributed by atoms with Gasteiger partial charge in [0.05, 0.1) is 12.7 Å². The van der Waals surface area contributed by atoms with E-state index in [0.717, 1.165) is 26.0 Å². The maximum Gasteiger partial charge on any atom is 0.0695 e. The molecule has 1 aliphatic carbocycles. The van der Waals surface area contributed by atoms with Crippen molar-refractivity contribution in [2.75, 3.05) is 20.3 Å². The summed E-state index contributed by atoms with van der Waals surface area (Å²) in [6, 6.07) is 0.687. The molecule has 0 radical (unpaired) electrons. The Bertz CT molecular complexity index is 247. The lowest BCUT2D eigenvalue weighted by molar-refractivity contribution is -0.00133. The second-order valence-electron chi connectivity index (χ2n) is 6.68. The fourth-order valence-corrected chi connectivity index (χ4v) is 3.75. The summed E-state index contributed by atoms with van der Waals surface area (Å²) in [5.41, 5.74) is 0. The minimum Gasteiger partial charge on any atom is -0.391 e. The van der Waals surface area contributed by atoms with Crippen molar-refractivity contribution in [1.29, 1.82) is 0 Å². The van der Waals surface area contributed by atoms with Crippen LogP contribution in [0.4, 0.5) is 0 Å². The monoisotopic (exact) mass is 299 g/mol. The fourth-order valence-electron chi connectivity index (χ4n) is 3.75. The number of nitrogens with zero attached hydrogens (tertiary/aromatic N) is 1. The van der Waals surface area contributed by atoms with Crippen molar-refractivity contribution in [1.82, 2.24) is 4.90 Å². The third kappa shape index (κ3) is 7.12. The van der Waals surface area contributed by atoms with E-state index in [1.165, 1.54) is 51.4 Å². The van der Waals surface area contributed by atoms with Crippen molar-refractivity contribution in [2.24, 2.45) is 0 Å². The van der Waals surface area contributed by atoms with Gasteiger partial charge in [-0.1, -0.05) is 58.3 Å². The highest BCUT2D eigenvalue weighted by Crippen LogP contribution is 2.22. The van der Waals surface area contributed by atoms with Crippen LogP contribution in [0.3, 0.4) is 0 Å². The maximum absolute atomic E-state index is 10.7. The van der Waals surface area contributed by atoms with Crippen LogP contribution in [-0.4, -0.2) is 48.5 Å². The van der Waals surface area contributed by atoms with Gasteiger partial charge in [-0.05, 0) is 26.3 Å². The quantitative estimate of drug-likeness (QED) is 0.833. The van der Waals surface area contributed by atoms with E-state index in [1.807, 2.05) is 0 Å². The molecule has 1 rings (SSSR count). The Morgan fingerprint density at radius 1 is 1.00 bits per heavy atom. The minimum absolute atomic E-state index is 0.177. The van der Waals surface area contributed by atoms with Crippen molar-refractivity contribution in [3.63, 3.8) is 0 Å². The lowest BCUT2D eigenvalue weighted by Crippen LogP contribution is -2.49. The maximum atomic E-state index is 10.7. The summed E-state index contributed by atoms with van der Waals surface area (Å²) >= 11 is 0. The Labute approximate surface area is 132 Å². The van der Waals surface area contributed by atoms with Crippen LogP contribution in [0.2, 0.25) is 0 Å². The summed E-state index contributed by atoms with van der Waals surface area (Å²) in [7, 11) is 1.77. The van der Waals surface area contributed by atoms with E-state index in [2.05, 4.69) is 18.7 Å². The molecule has 3 nitrogen and oxygen atoms in total. The van der Waals surface area contributed by atoms with E-state index < -0.39 is 0 Å². The highest BCUT2D eigenvalue weighted by Gasteiger charge is 2.27. The molecule has 3 atom stereocenters. The molecule has 0 heterocycles. The van der Waals surface area contributed by atoms with Gasteiger partial charge >= 0.3 is 0 Å². The summed E-state index contributed by atoms with van der Waals surface area (Å²) in [4.78, 5) is 2.46. The molecule has 0 aromatic carbocycles. The van der Waals surface area contributed by atoms with Gasteiger partial charge in [0.15, 0.2) is 0 Å². The van der Waals surface area contributed by atoms with Gasteiger partial charge in [0.1, 0.15) is 0 Å². The molecule has 21 heavy (non-hydrogen) atoms. The fraction of sp³-hybridized carbons (Fsp3) is 1.00. The largest absolute Gasteiger partial charge is 0.391 e. The van der Waals surface area contributed by atoms with E-state index >= 15 is 0 Å². The van der Waals surface area contributed by atoms with Crippen LogP contribution in [0, 0.1) is 0 Å². The van der Waals surface area contributed by atoms with Crippen LogP contribution >= 0.6 is 0 Å². The van der Waals surface area contributed by atoms with Crippen molar-refractivity contribution in [3.8, 4) is 0 Å². The number of hydrogen-bond acceptors (Lipinski definition) is 3. The van der Waals surface area contributed by atoms with Gasteiger partial charge in [-0.3, -0.25) is 4.90 Å². The van der Waals surface area contributed by atoms with Gasteiger partial charge in [-0.15, -0.1) is 0 Å². The highest BCUT2D eigenvalue weighted by atomic mass is 16.5. The molecular formula is C18H37NO2. The van der Waals surface area contributed by atoms with Crippen LogP contribution in [0.5, 0.6) is 0 Å². The number of methoxy groups -OCH3 is 1. The molecule has 0 spiro atoms. The molecule has 3 unspecified atom stereocenters. The van der Waals surface area contributed by atoms with Crippen LogP contribution in [0.25, 0.3) is 0 Å². The minimum atomic E-state index is -0.177. The summed E-state index contributed by atoms with van der Waals surface area (Å²) in [6.45, 7) is 6.16. The molecule has 1 fully saturated rings. The van der Waals surface area contributed by atoms with Crippen molar-refractivity contribution < 1.29 is 9.84 Å². The third-order valence-electron chi connectivity index (χ3n) is 4.96. The van der Waals surface area contributed by atoms with E-state index in [4.69, 9.17) is 4.74 Å². The predicted molar refractivity (Wildman–Crippen MR) is 89.7 cm³/mol. The molecule has 0 bridgehead atoms. The molecule has 0 aliphatic heterocycles. The average Bonchev–Trinajstić information content (AvgIpc) is 2.46. The molecule has 3 heteroatoms. The van der Waals surface area contributed by atoms with Gasteiger partial charge < -0.3 is 9.84 Å². The summed E-state index contributed by atoms with van der Waals surface area (Å²) in [5.74, 6) is 0. The van der Waals surface area contributed by atoms with Crippen LogP contribution < -0.4 is 0 Å². The topological polar surface area (TPSA) is 32.7 Å². The zero-order valence-corrected chi connectivity index (χ0v) is 14.5. The Morgan fingerprint density at radius 2 is 1.52 bits per heavy atom. The lowest BCUT2D eigenvalue weighted by Gasteiger charge is -2.38. The first-order valence-electron chi connectivity index (χ1n) is 9.13. The molecule has 126 valence electrons. The Balaban J connectivity index is 2.64. The Kier molecular flexibility index (Phi) is 10.3. The highest BCUT2D eigenvalue weighted by molar-refractivity contribution is 4.82. The van der Waals surface area contributed by atoms with Gasteiger partial charge in [0.25, 0.3) is 0 Å². The number of rotatable bonds is 5. The molecular weight excluding hydrogens is 262 g/mol. The second kappa shape index (κ2) is 11.4. The molecule has 1 aliphatic rings. The zero-order chi connectivity index (χ0) is 15.5. The van der Waals surface area contributed by atoms with Crippen LogP contribution in [0.1, 0.15) is 78.1 Å². The van der Waals surface area contributed by atoms with Gasteiger partial charge in [0, 0.05) is 19.2 Å². The van der Waals surface area contributed by atoms with Gasteiger partial charge in [-0.2, -0.15) is 0 Å². The number of hydrogen-bond donors (Lipinski definition) is 1. The number of likely N-dealkylation sites (N-methyl/N-ethyl adjacent to an activating group) is 1. The summed E-state index contributed by atoms with van der Waals surface area (Å²) in [5, 5.41) is 10.7. The van der Waals surface area contributed by atoms with Crippen molar-refractivity contribution >= 4 is 0 Å². The van der Waals surface area contributed by atoms with Crippen LogP contribution in [0.15, 0.2) is 0 Å². The average molecular weight is 299 g/mol. The molecule has 0 amide bonds. The van der Waals surface area contributed by atoms with Crippen LogP contribution in [-0.2, 0) is 4.74 Å². The number of ether oxygens (including phenoxy) is 1. The summed E-state index contributed by atoms with van der Waals surface area (Å²) in [6.07, 6.45) is 12.4. The first kappa shape index (κ1) is 18.9. The summed E-state index contributed by atoms with van der Waals surface area (Å²) < 4.78 is 5.33. The lowest BCUT2D eigenvalue weighted by atomic mass is 9.94.